The Morgan fingerprint density at radius 3 is 2.40 bits per heavy atom. The first-order valence-corrected chi connectivity index (χ1v) is 6.93. The van der Waals surface area contributed by atoms with E-state index in [1.54, 1.807) is 6.20 Å². The van der Waals surface area contributed by atoms with Crippen LogP contribution in [0.2, 0.25) is 0 Å². The summed E-state index contributed by atoms with van der Waals surface area (Å²) >= 11 is 0. The van der Waals surface area contributed by atoms with Crippen LogP contribution >= 0.6 is 0 Å². The van der Waals surface area contributed by atoms with E-state index in [1.165, 1.54) is 0 Å². The largest absolute Gasteiger partial charge is 0.365 e. The maximum absolute atomic E-state index is 4.61. The highest BCUT2D eigenvalue weighted by molar-refractivity contribution is 5.58. The molecule has 0 aliphatic rings. The first kappa shape index (κ1) is 14.3. The molecule has 1 heterocycles. The minimum Gasteiger partial charge on any atom is -0.365 e. The highest BCUT2D eigenvalue weighted by atomic mass is 15.3. The number of hydrogen-bond donors (Lipinski definition) is 1. The number of nitrogens with one attached hydrogen (secondary N) is 1. The first-order valence-electron chi connectivity index (χ1n) is 6.93. The molecule has 0 unspecified atom stereocenters. The zero-order valence-electron chi connectivity index (χ0n) is 12.6. The predicted octanol–water partition coefficient (Wildman–Crippen LogP) is 3.85. The average Bonchev–Trinajstić information content (AvgIpc) is 2.39. The zero-order chi connectivity index (χ0) is 14.6. The summed E-state index contributed by atoms with van der Waals surface area (Å²) in [4.78, 5) is 11.1. The number of benzene rings is 1. The van der Waals surface area contributed by atoms with Crippen molar-refractivity contribution in [2.45, 2.75) is 33.2 Å². The summed E-state index contributed by atoms with van der Waals surface area (Å²) in [5, 5.41) is 3.37. The molecule has 2 rings (SSSR count). The fraction of sp³-hybridized carbons (Fsp3) is 0.375. The van der Waals surface area contributed by atoms with Crippen LogP contribution in [0.3, 0.4) is 0 Å². The topological polar surface area (TPSA) is 41.1 Å². The van der Waals surface area contributed by atoms with Crippen LogP contribution in [0.4, 0.5) is 17.5 Å². The SMILES string of the molecule is CCN(c1ccccc1)c1nccc(NC(C)(C)C)n1. The smallest absolute Gasteiger partial charge is 0.231 e. The Morgan fingerprint density at radius 1 is 1.10 bits per heavy atom. The fourth-order valence-corrected chi connectivity index (χ4v) is 1.98. The average molecular weight is 270 g/mol. The van der Waals surface area contributed by atoms with Crippen LogP contribution in [0.15, 0.2) is 42.6 Å². The second kappa shape index (κ2) is 5.90. The molecule has 0 spiro atoms. The summed E-state index contributed by atoms with van der Waals surface area (Å²) in [5.41, 5.74) is 1.08. The van der Waals surface area contributed by atoms with Gasteiger partial charge in [-0.3, -0.25) is 0 Å². The molecule has 0 saturated heterocycles. The van der Waals surface area contributed by atoms with E-state index in [0.29, 0.717) is 5.95 Å². The molecular formula is C16H22N4. The molecule has 1 aromatic carbocycles. The molecule has 1 N–H and O–H groups in total. The van der Waals surface area contributed by atoms with Crippen molar-refractivity contribution >= 4 is 17.5 Å². The summed E-state index contributed by atoms with van der Waals surface area (Å²) in [5.74, 6) is 1.56. The second-order valence-electron chi connectivity index (χ2n) is 5.70. The molecule has 4 heteroatoms. The van der Waals surface area contributed by atoms with Crippen molar-refractivity contribution in [3.8, 4) is 0 Å². The fourth-order valence-electron chi connectivity index (χ4n) is 1.98. The lowest BCUT2D eigenvalue weighted by Gasteiger charge is -2.24. The summed E-state index contributed by atoms with van der Waals surface area (Å²) in [6.45, 7) is 9.26. The van der Waals surface area contributed by atoms with Gasteiger partial charge in [-0.05, 0) is 45.9 Å². The lowest BCUT2D eigenvalue weighted by Crippen LogP contribution is -2.27. The monoisotopic (exact) mass is 270 g/mol. The number of hydrogen-bond acceptors (Lipinski definition) is 4. The Labute approximate surface area is 120 Å². The molecule has 2 aromatic rings. The van der Waals surface area contributed by atoms with E-state index < -0.39 is 0 Å². The Morgan fingerprint density at radius 2 is 1.80 bits per heavy atom. The number of rotatable bonds is 4. The van der Waals surface area contributed by atoms with Crippen LogP contribution in [0.5, 0.6) is 0 Å². The van der Waals surface area contributed by atoms with Gasteiger partial charge in [0.2, 0.25) is 5.95 Å². The third kappa shape index (κ3) is 3.70. The van der Waals surface area contributed by atoms with Crippen molar-refractivity contribution in [2.24, 2.45) is 0 Å². The molecule has 0 saturated carbocycles. The number of nitrogens with zero attached hydrogens (tertiary/aromatic N) is 3. The number of anilines is 3. The molecule has 0 aliphatic heterocycles. The third-order valence-electron chi connectivity index (χ3n) is 2.77. The molecular weight excluding hydrogens is 248 g/mol. The standard InChI is InChI=1S/C16H22N4/c1-5-20(13-9-7-6-8-10-13)15-17-12-11-14(18-15)19-16(2,3)4/h6-12H,5H2,1-4H3,(H,17,18,19). The molecule has 106 valence electrons. The molecule has 0 fully saturated rings. The molecule has 0 aliphatic carbocycles. The van der Waals surface area contributed by atoms with E-state index in [1.807, 2.05) is 24.3 Å². The van der Waals surface area contributed by atoms with Crippen LogP contribution in [0.1, 0.15) is 27.7 Å². The van der Waals surface area contributed by atoms with Gasteiger partial charge in [-0.15, -0.1) is 0 Å². The van der Waals surface area contributed by atoms with Crippen LogP contribution in [0, 0.1) is 0 Å². The Hall–Kier alpha value is -2.10. The van der Waals surface area contributed by atoms with E-state index >= 15 is 0 Å². The minimum atomic E-state index is -0.0184. The van der Waals surface area contributed by atoms with Crippen molar-refractivity contribution < 1.29 is 0 Å². The van der Waals surface area contributed by atoms with Gasteiger partial charge in [0.1, 0.15) is 5.82 Å². The Bertz CT molecular complexity index is 546. The van der Waals surface area contributed by atoms with E-state index in [2.05, 4.69) is 60.0 Å². The summed E-state index contributed by atoms with van der Waals surface area (Å²) in [7, 11) is 0. The van der Waals surface area contributed by atoms with E-state index in [9.17, 15) is 0 Å². The zero-order valence-corrected chi connectivity index (χ0v) is 12.6. The lowest BCUT2D eigenvalue weighted by atomic mass is 10.1. The van der Waals surface area contributed by atoms with Crippen molar-refractivity contribution in [1.29, 1.82) is 0 Å². The highest BCUT2D eigenvalue weighted by Gasteiger charge is 2.13. The molecule has 0 atom stereocenters. The van der Waals surface area contributed by atoms with Gasteiger partial charge < -0.3 is 10.2 Å². The molecule has 4 nitrogen and oxygen atoms in total. The quantitative estimate of drug-likeness (QED) is 0.916. The minimum absolute atomic E-state index is 0.0184. The van der Waals surface area contributed by atoms with Crippen LogP contribution in [-0.4, -0.2) is 22.1 Å². The Balaban J connectivity index is 2.29. The second-order valence-corrected chi connectivity index (χ2v) is 5.70. The molecule has 0 bridgehead atoms. The normalized spacial score (nSPS) is 11.2. The van der Waals surface area contributed by atoms with Gasteiger partial charge in [0.05, 0.1) is 0 Å². The van der Waals surface area contributed by atoms with Gasteiger partial charge in [-0.1, -0.05) is 18.2 Å². The van der Waals surface area contributed by atoms with Crippen LogP contribution in [-0.2, 0) is 0 Å². The van der Waals surface area contributed by atoms with Gasteiger partial charge in [-0.2, -0.15) is 4.98 Å². The van der Waals surface area contributed by atoms with Crippen LogP contribution < -0.4 is 10.2 Å². The third-order valence-corrected chi connectivity index (χ3v) is 2.77. The van der Waals surface area contributed by atoms with Crippen molar-refractivity contribution in [3.05, 3.63) is 42.6 Å². The van der Waals surface area contributed by atoms with Gasteiger partial charge in [0.15, 0.2) is 0 Å². The van der Waals surface area contributed by atoms with E-state index in [4.69, 9.17) is 0 Å². The van der Waals surface area contributed by atoms with Gasteiger partial charge in [0.25, 0.3) is 0 Å². The van der Waals surface area contributed by atoms with Crippen LogP contribution in [0.25, 0.3) is 0 Å². The summed E-state index contributed by atoms with van der Waals surface area (Å²) in [6, 6.07) is 12.1. The molecule has 0 amide bonds. The highest BCUT2D eigenvalue weighted by Crippen LogP contribution is 2.22. The lowest BCUT2D eigenvalue weighted by molar-refractivity contribution is 0.630. The predicted molar refractivity (Wildman–Crippen MR) is 84.5 cm³/mol. The van der Waals surface area contributed by atoms with Crippen molar-refractivity contribution in [3.63, 3.8) is 0 Å². The first-order chi connectivity index (χ1) is 9.49. The molecule has 20 heavy (non-hydrogen) atoms. The van der Waals surface area contributed by atoms with Gasteiger partial charge >= 0.3 is 0 Å². The molecule has 1 aromatic heterocycles. The maximum Gasteiger partial charge on any atom is 0.231 e. The van der Waals surface area contributed by atoms with E-state index in [-0.39, 0.29) is 5.54 Å². The summed E-state index contributed by atoms with van der Waals surface area (Å²) < 4.78 is 0. The number of para-hydroxylation sites is 1. The number of aromatic nitrogens is 2. The van der Waals surface area contributed by atoms with Gasteiger partial charge in [-0.25, -0.2) is 4.98 Å². The van der Waals surface area contributed by atoms with Gasteiger partial charge in [0, 0.05) is 24.0 Å². The summed E-state index contributed by atoms with van der Waals surface area (Å²) in [6.07, 6.45) is 1.79. The van der Waals surface area contributed by atoms with Crippen molar-refractivity contribution in [2.75, 3.05) is 16.8 Å². The van der Waals surface area contributed by atoms with Crippen molar-refractivity contribution in [1.82, 2.24) is 9.97 Å². The maximum atomic E-state index is 4.61. The molecule has 0 radical (unpaired) electrons. The Kier molecular flexibility index (Phi) is 4.23. The van der Waals surface area contributed by atoms with E-state index in [0.717, 1.165) is 18.1 Å².